The molecule has 2 aromatic carbocycles. The fourth-order valence-corrected chi connectivity index (χ4v) is 5.10. The van der Waals surface area contributed by atoms with E-state index in [9.17, 15) is 15.3 Å². The van der Waals surface area contributed by atoms with Gasteiger partial charge in [0.1, 0.15) is 0 Å². The molecule has 168 valence electrons. The Morgan fingerprint density at radius 1 is 1.03 bits per heavy atom. The molecule has 2 aliphatic heterocycles. The van der Waals surface area contributed by atoms with Gasteiger partial charge in [0, 0.05) is 17.0 Å². The topological polar surface area (TPSA) is 86.4 Å². The van der Waals surface area contributed by atoms with Gasteiger partial charge in [-0.05, 0) is 29.3 Å². The van der Waals surface area contributed by atoms with Crippen LogP contribution < -0.4 is 14.4 Å². The Kier molecular flexibility index (Phi) is 5.42. The fourth-order valence-electron chi connectivity index (χ4n) is 5.10. The van der Waals surface area contributed by atoms with Crippen molar-refractivity contribution < 1.29 is 14.3 Å². The minimum absolute atomic E-state index is 0.0234. The Balaban J connectivity index is 2.03. The Morgan fingerprint density at radius 3 is 2.30 bits per heavy atom. The van der Waals surface area contributed by atoms with E-state index in [2.05, 4.69) is 12.1 Å². The molecule has 0 aromatic heterocycles. The molecule has 0 amide bonds. The van der Waals surface area contributed by atoms with Crippen LogP contribution in [0.3, 0.4) is 0 Å². The number of fused-ring (bicyclic) bond motifs is 3. The number of anilines is 1. The maximum atomic E-state index is 14.0. The van der Waals surface area contributed by atoms with E-state index in [1.807, 2.05) is 68.2 Å². The van der Waals surface area contributed by atoms with Crippen molar-refractivity contribution in [3.8, 4) is 23.6 Å². The molecule has 2 aliphatic rings. The lowest BCUT2D eigenvalue weighted by atomic mass is 9.67. The molecule has 4 rings (SSSR count). The third-order valence-corrected chi connectivity index (χ3v) is 6.69. The number of methoxy groups -OCH3 is 2. The van der Waals surface area contributed by atoms with Gasteiger partial charge in [-0.15, -0.1) is 0 Å². The number of para-hydroxylation sites is 1. The molecular formula is C27H27N3O3. The van der Waals surface area contributed by atoms with Crippen LogP contribution in [0.1, 0.15) is 37.8 Å². The molecule has 0 saturated carbocycles. The Bertz CT molecular complexity index is 1200. The highest BCUT2D eigenvalue weighted by Gasteiger charge is 2.64. The normalized spacial score (nSPS) is 22.5. The van der Waals surface area contributed by atoms with Gasteiger partial charge >= 0.3 is 0 Å². The molecule has 0 N–H and O–H groups in total. The minimum Gasteiger partial charge on any atom is -0.493 e. The van der Waals surface area contributed by atoms with Gasteiger partial charge in [0.2, 0.25) is 0 Å². The first kappa shape index (κ1) is 22.4. The number of benzene rings is 2. The number of hydrogen-bond donors (Lipinski definition) is 0. The molecule has 2 aromatic rings. The zero-order valence-electron chi connectivity index (χ0n) is 19.5. The number of ether oxygens (including phenoxy) is 2. The molecule has 0 spiro atoms. The SMILES string of the molecule is COc1ccc(C2[C@@H](C(=O)C(C)(C)C)N3c4ccccc4C=C[C@@H]3C2(C#N)C#N)cc1OC. The van der Waals surface area contributed by atoms with E-state index in [0.29, 0.717) is 17.1 Å². The van der Waals surface area contributed by atoms with Crippen LogP contribution in [0.15, 0.2) is 48.5 Å². The number of hydrogen-bond acceptors (Lipinski definition) is 6. The highest BCUT2D eigenvalue weighted by molar-refractivity contribution is 5.96. The van der Waals surface area contributed by atoms with Crippen molar-refractivity contribution in [2.24, 2.45) is 10.8 Å². The van der Waals surface area contributed by atoms with Gasteiger partial charge in [-0.3, -0.25) is 4.79 Å². The Morgan fingerprint density at radius 2 is 1.70 bits per heavy atom. The van der Waals surface area contributed by atoms with Crippen molar-refractivity contribution in [1.29, 1.82) is 10.5 Å². The average molecular weight is 442 g/mol. The largest absolute Gasteiger partial charge is 0.493 e. The minimum atomic E-state index is -1.48. The molecule has 1 saturated heterocycles. The summed E-state index contributed by atoms with van der Waals surface area (Å²) in [6, 6.07) is 16.5. The first-order valence-corrected chi connectivity index (χ1v) is 10.9. The van der Waals surface area contributed by atoms with Gasteiger partial charge in [0.05, 0.1) is 38.4 Å². The standard InChI is InChI=1S/C27H27N3O3/c1-26(2,3)25(31)24-23(18-10-12-20(32-4)21(14-18)33-5)27(15-28,16-29)22-13-11-17-8-6-7-9-19(17)30(22)24/h6-14,22-24H,1-5H3/t22-,23?,24+/m1/s1. The molecule has 3 atom stereocenters. The van der Waals surface area contributed by atoms with E-state index >= 15 is 0 Å². The number of nitriles is 2. The van der Waals surface area contributed by atoms with Gasteiger partial charge in [-0.2, -0.15) is 10.5 Å². The van der Waals surface area contributed by atoms with E-state index < -0.39 is 28.8 Å². The number of carbonyl (C=O) groups is 1. The molecule has 6 nitrogen and oxygen atoms in total. The number of ketones is 1. The molecule has 6 heteroatoms. The number of Topliss-reactive ketones (excluding diaryl/α,β-unsaturated/α-hetero) is 1. The molecule has 2 heterocycles. The second kappa shape index (κ2) is 7.98. The maximum Gasteiger partial charge on any atom is 0.176 e. The summed E-state index contributed by atoms with van der Waals surface area (Å²) in [6.07, 6.45) is 3.83. The summed E-state index contributed by atoms with van der Waals surface area (Å²) in [6.45, 7) is 5.63. The van der Waals surface area contributed by atoms with Gasteiger partial charge < -0.3 is 14.4 Å². The van der Waals surface area contributed by atoms with Crippen LogP contribution in [-0.2, 0) is 4.79 Å². The molecule has 1 unspecified atom stereocenters. The maximum absolute atomic E-state index is 14.0. The molecular weight excluding hydrogens is 414 g/mol. The van der Waals surface area contributed by atoms with Gasteiger partial charge in [0.25, 0.3) is 0 Å². The van der Waals surface area contributed by atoms with Gasteiger partial charge in [-0.1, -0.05) is 57.2 Å². The van der Waals surface area contributed by atoms with Crippen molar-refractivity contribution in [3.63, 3.8) is 0 Å². The predicted octanol–water partition coefficient (Wildman–Crippen LogP) is 4.72. The summed E-state index contributed by atoms with van der Waals surface area (Å²) < 4.78 is 10.9. The monoisotopic (exact) mass is 441 g/mol. The lowest BCUT2D eigenvalue weighted by Crippen LogP contribution is -2.47. The summed E-state index contributed by atoms with van der Waals surface area (Å²) in [5, 5.41) is 20.9. The first-order chi connectivity index (χ1) is 15.7. The van der Waals surface area contributed by atoms with Crippen LogP contribution in [-0.4, -0.2) is 32.1 Å². The molecule has 0 radical (unpaired) electrons. The molecule has 1 fully saturated rings. The third-order valence-electron chi connectivity index (χ3n) is 6.69. The van der Waals surface area contributed by atoms with E-state index in [1.165, 1.54) is 7.11 Å². The van der Waals surface area contributed by atoms with Crippen LogP contribution in [0.25, 0.3) is 6.08 Å². The van der Waals surface area contributed by atoms with Crippen LogP contribution in [0.5, 0.6) is 11.5 Å². The average Bonchev–Trinajstić information content (AvgIpc) is 3.13. The number of carbonyl (C=O) groups excluding carboxylic acids is 1. The van der Waals surface area contributed by atoms with Crippen molar-refractivity contribution in [3.05, 3.63) is 59.7 Å². The Labute approximate surface area is 194 Å². The zero-order valence-corrected chi connectivity index (χ0v) is 19.5. The first-order valence-electron chi connectivity index (χ1n) is 10.9. The van der Waals surface area contributed by atoms with E-state index in [4.69, 9.17) is 9.47 Å². The number of nitrogens with zero attached hydrogens (tertiary/aromatic N) is 3. The quantitative estimate of drug-likeness (QED) is 0.682. The molecule has 33 heavy (non-hydrogen) atoms. The van der Waals surface area contributed by atoms with Gasteiger partial charge in [0.15, 0.2) is 22.7 Å². The van der Waals surface area contributed by atoms with Crippen molar-refractivity contribution in [2.75, 3.05) is 19.1 Å². The summed E-state index contributed by atoms with van der Waals surface area (Å²) in [7, 11) is 3.09. The van der Waals surface area contributed by atoms with E-state index in [-0.39, 0.29) is 5.78 Å². The predicted molar refractivity (Wildman–Crippen MR) is 126 cm³/mol. The van der Waals surface area contributed by atoms with Crippen LogP contribution in [0.2, 0.25) is 0 Å². The molecule has 0 bridgehead atoms. The zero-order chi connectivity index (χ0) is 24.0. The Hall–Kier alpha value is -3.77. The summed E-state index contributed by atoms with van der Waals surface area (Å²) in [4.78, 5) is 16.0. The molecule has 0 aliphatic carbocycles. The van der Waals surface area contributed by atoms with Crippen molar-refractivity contribution >= 4 is 17.5 Å². The summed E-state index contributed by atoms with van der Waals surface area (Å²) >= 11 is 0. The highest BCUT2D eigenvalue weighted by atomic mass is 16.5. The van der Waals surface area contributed by atoms with Crippen LogP contribution in [0, 0.1) is 33.5 Å². The fraction of sp³-hybridized carbons (Fsp3) is 0.370. The second-order valence-corrected chi connectivity index (χ2v) is 9.51. The lowest BCUT2D eigenvalue weighted by Gasteiger charge is -2.37. The summed E-state index contributed by atoms with van der Waals surface area (Å²) in [5.74, 6) is 0.313. The number of rotatable bonds is 4. The lowest BCUT2D eigenvalue weighted by molar-refractivity contribution is -0.127. The second-order valence-electron chi connectivity index (χ2n) is 9.51. The van der Waals surface area contributed by atoms with Crippen LogP contribution >= 0.6 is 0 Å². The third kappa shape index (κ3) is 3.26. The smallest absolute Gasteiger partial charge is 0.176 e. The van der Waals surface area contributed by atoms with E-state index in [1.54, 1.807) is 19.2 Å². The van der Waals surface area contributed by atoms with Crippen molar-refractivity contribution in [1.82, 2.24) is 0 Å². The summed E-state index contributed by atoms with van der Waals surface area (Å²) in [5.41, 5.74) is 0.346. The van der Waals surface area contributed by atoms with Crippen LogP contribution in [0.4, 0.5) is 5.69 Å². The highest BCUT2D eigenvalue weighted by Crippen LogP contribution is 2.56. The van der Waals surface area contributed by atoms with Crippen molar-refractivity contribution in [2.45, 2.75) is 38.8 Å². The van der Waals surface area contributed by atoms with E-state index in [0.717, 1.165) is 11.3 Å². The van der Waals surface area contributed by atoms with Gasteiger partial charge in [-0.25, -0.2) is 0 Å².